The van der Waals surface area contributed by atoms with Gasteiger partial charge in [0.25, 0.3) is 6.08 Å². The van der Waals surface area contributed by atoms with Gasteiger partial charge in [-0.05, 0) is 12.1 Å². The van der Waals surface area contributed by atoms with E-state index in [1.165, 1.54) is 0 Å². The SMILES string of the molecule is FC(F)=Cc1c(F)cc(F)cc1C1OCCO1.Fc1cc(F)c(CC(F)F)c(C2OCCO2)c1. The van der Waals surface area contributed by atoms with E-state index in [-0.39, 0.29) is 43.1 Å². The molecule has 4 rings (SSSR count). The topological polar surface area (TPSA) is 36.9 Å². The maximum atomic E-state index is 13.4. The first-order valence-corrected chi connectivity index (χ1v) is 9.89. The second kappa shape index (κ2) is 11.7. The number of hydrogen-bond acceptors (Lipinski definition) is 4. The molecule has 0 unspecified atom stereocenters. The van der Waals surface area contributed by atoms with E-state index in [9.17, 15) is 35.1 Å². The lowest BCUT2D eigenvalue weighted by molar-refractivity contribution is -0.0455. The highest BCUT2D eigenvalue weighted by Gasteiger charge is 2.26. The van der Waals surface area contributed by atoms with Crippen molar-refractivity contribution in [2.45, 2.75) is 25.4 Å². The van der Waals surface area contributed by atoms with E-state index in [2.05, 4.69) is 0 Å². The van der Waals surface area contributed by atoms with Crippen LogP contribution in [0, 0.1) is 23.3 Å². The summed E-state index contributed by atoms with van der Waals surface area (Å²) in [5.74, 6) is -3.78. The molecular formula is C22H18F8O4. The molecule has 2 aliphatic heterocycles. The second-order valence-electron chi connectivity index (χ2n) is 7.02. The van der Waals surface area contributed by atoms with Crippen molar-refractivity contribution in [1.29, 1.82) is 0 Å². The standard InChI is InChI=1S/C11H10F4O2.C11H8F4O2/c2*12-6-3-8(11-16-1-2-17-11)7(5-10(14)15)9(13)4-6/h3-4,10-11H,1-2,5H2;3-5,11H,1-2H2. The lowest BCUT2D eigenvalue weighted by Gasteiger charge is -2.15. The fraction of sp³-hybridized carbons (Fsp3) is 0.364. The minimum atomic E-state index is -2.71. The normalized spacial score (nSPS) is 16.6. The van der Waals surface area contributed by atoms with Crippen LogP contribution in [0.4, 0.5) is 35.1 Å². The Balaban J connectivity index is 0.000000191. The number of rotatable bonds is 5. The zero-order chi connectivity index (χ0) is 24.8. The number of benzene rings is 2. The van der Waals surface area contributed by atoms with E-state index in [0.29, 0.717) is 18.2 Å². The molecule has 0 N–H and O–H groups in total. The molecule has 186 valence electrons. The quantitative estimate of drug-likeness (QED) is 0.470. The van der Waals surface area contributed by atoms with Gasteiger partial charge in [-0.15, -0.1) is 0 Å². The summed E-state index contributed by atoms with van der Waals surface area (Å²) in [5, 5.41) is 0. The minimum Gasteiger partial charge on any atom is -0.346 e. The van der Waals surface area contributed by atoms with Gasteiger partial charge in [-0.3, -0.25) is 0 Å². The molecule has 2 heterocycles. The van der Waals surface area contributed by atoms with Gasteiger partial charge in [0.1, 0.15) is 23.3 Å². The van der Waals surface area contributed by atoms with Crippen molar-refractivity contribution in [3.63, 3.8) is 0 Å². The molecule has 2 fully saturated rings. The third kappa shape index (κ3) is 6.75. The molecule has 2 aromatic carbocycles. The van der Waals surface area contributed by atoms with Crippen LogP contribution in [-0.2, 0) is 25.4 Å². The van der Waals surface area contributed by atoms with Gasteiger partial charge in [0.15, 0.2) is 12.6 Å². The average Bonchev–Trinajstić information content (AvgIpc) is 3.46. The van der Waals surface area contributed by atoms with Gasteiger partial charge in [-0.25, -0.2) is 26.3 Å². The fourth-order valence-electron chi connectivity index (χ4n) is 3.34. The molecule has 0 bridgehead atoms. The van der Waals surface area contributed by atoms with Gasteiger partial charge >= 0.3 is 0 Å². The summed E-state index contributed by atoms with van der Waals surface area (Å²) in [5.41, 5.74) is -0.750. The summed E-state index contributed by atoms with van der Waals surface area (Å²) in [4.78, 5) is 0. The first-order chi connectivity index (χ1) is 16.2. The van der Waals surface area contributed by atoms with E-state index >= 15 is 0 Å². The highest BCUT2D eigenvalue weighted by Crippen LogP contribution is 2.31. The van der Waals surface area contributed by atoms with Crippen LogP contribution in [-0.4, -0.2) is 32.9 Å². The van der Waals surface area contributed by atoms with E-state index in [1.807, 2.05) is 0 Å². The molecule has 0 amide bonds. The molecule has 0 saturated carbocycles. The van der Waals surface area contributed by atoms with E-state index < -0.39 is 60.3 Å². The van der Waals surface area contributed by atoms with Gasteiger partial charge in [0, 0.05) is 46.9 Å². The van der Waals surface area contributed by atoms with Crippen LogP contribution >= 0.6 is 0 Å². The molecule has 2 saturated heterocycles. The Morgan fingerprint density at radius 3 is 1.74 bits per heavy atom. The Kier molecular flexibility index (Phi) is 9.00. The van der Waals surface area contributed by atoms with Gasteiger partial charge in [0.05, 0.1) is 26.4 Å². The van der Waals surface area contributed by atoms with Crippen molar-refractivity contribution in [1.82, 2.24) is 0 Å². The fourth-order valence-corrected chi connectivity index (χ4v) is 3.34. The summed E-state index contributed by atoms with van der Waals surface area (Å²) in [6.07, 6.45) is -7.22. The predicted molar refractivity (Wildman–Crippen MR) is 102 cm³/mol. The third-order valence-corrected chi connectivity index (χ3v) is 4.68. The van der Waals surface area contributed by atoms with E-state index in [1.54, 1.807) is 0 Å². The molecule has 0 spiro atoms. The van der Waals surface area contributed by atoms with Crippen molar-refractivity contribution in [3.8, 4) is 0 Å². The zero-order valence-corrected chi connectivity index (χ0v) is 17.3. The van der Waals surface area contributed by atoms with Crippen molar-refractivity contribution in [2.75, 3.05) is 26.4 Å². The number of halogens is 8. The van der Waals surface area contributed by atoms with Gasteiger partial charge in [-0.2, -0.15) is 8.78 Å². The summed E-state index contributed by atoms with van der Waals surface area (Å²) in [7, 11) is 0. The Labute approximate surface area is 188 Å². The third-order valence-electron chi connectivity index (χ3n) is 4.68. The molecule has 0 aromatic heterocycles. The Hall–Kier alpha value is -2.54. The summed E-state index contributed by atoms with van der Waals surface area (Å²) in [6.45, 7) is 1.06. The van der Waals surface area contributed by atoms with Crippen LogP contribution in [0.3, 0.4) is 0 Å². The van der Waals surface area contributed by atoms with Crippen molar-refractivity contribution in [3.05, 3.63) is 75.9 Å². The first-order valence-electron chi connectivity index (χ1n) is 9.89. The van der Waals surface area contributed by atoms with E-state index in [0.717, 1.165) is 12.1 Å². The first kappa shape index (κ1) is 26.1. The average molecular weight is 498 g/mol. The number of alkyl halides is 2. The van der Waals surface area contributed by atoms with E-state index in [4.69, 9.17) is 18.9 Å². The smallest absolute Gasteiger partial charge is 0.271 e. The van der Waals surface area contributed by atoms with Gasteiger partial charge < -0.3 is 18.9 Å². The molecular weight excluding hydrogens is 480 g/mol. The second-order valence-corrected chi connectivity index (χ2v) is 7.02. The van der Waals surface area contributed by atoms with Crippen molar-refractivity contribution < 1.29 is 54.1 Å². The molecule has 2 aromatic rings. The van der Waals surface area contributed by atoms with Crippen LogP contribution < -0.4 is 0 Å². The monoisotopic (exact) mass is 498 g/mol. The highest BCUT2D eigenvalue weighted by atomic mass is 19.3. The van der Waals surface area contributed by atoms with Crippen LogP contribution in [0.5, 0.6) is 0 Å². The number of ether oxygens (including phenoxy) is 4. The van der Waals surface area contributed by atoms with Crippen LogP contribution in [0.2, 0.25) is 0 Å². The molecule has 34 heavy (non-hydrogen) atoms. The summed E-state index contributed by atoms with van der Waals surface area (Å²) in [6, 6.07) is 3.01. The molecule has 0 atom stereocenters. The number of hydrogen-bond donors (Lipinski definition) is 0. The zero-order valence-electron chi connectivity index (χ0n) is 17.3. The Bertz CT molecular complexity index is 1010. The van der Waals surface area contributed by atoms with Crippen molar-refractivity contribution >= 4 is 6.08 Å². The van der Waals surface area contributed by atoms with Crippen molar-refractivity contribution in [2.24, 2.45) is 0 Å². The Morgan fingerprint density at radius 1 is 0.765 bits per heavy atom. The maximum absolute atomic E-state index is 13.4. The largest absolute Gasteiger partial charge is 0.346 e. The Morgan fingerprint density at radius 2 is 1.24 bits per heavy atom. The summed E-state index contributed by atoms with van der Waals surface area (Å²) < 4.78 is 122. The highest BCUT2D eigenvalue weighted by molar-refractivity contribution is 5.55. The molecule has 0 aliphatic carbocycles. The van der Waals surface area contributed by atoms with Gasteiger partial charge in [-0.1, -0.05) is 0 Å². The maximum Gasteiger partial charge on any atom is 0.271 e. The summed E-state index contributed by atoms with van der Waals surface area (Å²) >= 11 is 0. The van der Waals surface area contributed by atoms with Crippen LogP contribution in [0.1, 0.15) is 34.8 Å². The predicted octanol–water partition coefficient (Wildman–Crippen LogP) is 6.07. The lowest BCUT2D eigenvalue weighted by atomic mass is 10.0. The van der Waals surface area contributed by atoms with Gasteiger partial charge in [0.2, 0.25) is 6.43 Å². The van der Waals surface area contributed by atoms with Crippen LogP contribution in [0.25, 0.3) is 6.08 Å². The molecule has 4 nitrogen and oxygen atoms in total. The molecule has 0 radical (unpaired) electrons. The minimum absolute atomic E-state index is 0.000278. The molecule has 12 heteroatoms. The molecule has 2 aliphatic rings. The lowest BCUT2D eigenvalue weighted by Crippen LogP contribution is -2.10. The van der Waals surface area contributed by atoms with Crippen LogP contribution in [0.15, 0.2) is 30.3 Å².